The van der Waals surface area contributed by atoms with Gasteiger partial charge >= 0.3 is 0 Å². The largest absolute Gasteiger partial charge is 0.365 e. The number of pyridine rings is 1. The predicted molar refractivity (Wildman–Crippen MR) is 106 cm³/mol. The smallest absolute Gasteiger partial charge is 0.261 e. The summed E-state index contributed by atoms with van der Waals surface area (Å²) in [7, 11) is 0. The van der Waals surface area contributed by atoms with Crippen LogP contribution in [0.4, 0.5) is 0 Å². The van der Waals surface area contributed by atoms with Crippen LogP contribution >= 0.6 is 0 Å². The monoisotopic (exact) mass is 391 g/mol. The van der Waals surface area contributed by atoms with Crippen molar-refractivity contribution in [2.24, 2.45) is 5.73 Å². The van der Waals surface area contributed by atoms with E-state index in [1.165, 1.54) is 12.3 Å². The van der Waals surface area contributed by atoms with E-state index in [1.54, 1.807) is 10.9 Å². The summed E-state index contributed by atoms with van der Waals surface area (Å²) in [4.78, 5) is 39.0. The third-order valence-electron chi connectivity index (χ3n) is 5.11. The number of H-pyrrole nitrogens is 1. The lowest BCUT2D eigenvalue weighted by Crippen LogP contribution is -2.34. The number of aromatic nitrogens is 3. The van der Waals surface area contributed by atoms with E-state index in [9.17, 15) is 14.4 Å². The molecule has 8 nitrogen and oxygen atoms in total. The summed E-state index contributed by atoms with van der Waals surface area (Å²) >= 11 is 0. The van der Waals surface area contributed by atoms with Gasteiger partial charge in [0.2, 0.25) is 0 Å². The standard InChI is InChI=1S/C21H21N5O3/c22-19(27)16-9-15-17(7-4-8-18(15)25-21(16)29)24-20(28)14-10-23-26(12-14)11-13-5-2-1-3-6-13/h1-3,5-6,9-10,12,17H,4,7-8,11H2,(H2,22,27)(H,24,28)(H,25,29). The fraction of sp³-hybridized carbons (Fsp3) is 0.238. The van der Waals surface area contributed by atoms with Gasteiger partial charge < -0.3 is 16.0 Å². The topological polar surface area (TPSA) is 123 Å². The highest BCUT2D eigenvalue weighted by molar-refractivity contribution is 5.94. The van der Waals surface area contributed by atoms with Crippen molar-refractivity contribution < 1.29 is 9.59 Å². The van der Waals surface area contributed by atoms with E-state index in [-0.39, 0.29) is 17.5 Å². The summed E-state index contributed by atoms with van der Waals surface area (Å²) in [6.07, 6.45) is 5.45. The van der Waals surface area contributed by atoms with Crippen molar-refractivity contribution in [3.05, 3.63) is 87.1 Å². The van der Waals surface area contributed by atoms with Crippen LogP contribution in [-0.4, -0.2) is 26.6 Å². The van der Waals surface area contributed by atoms with Crippen LogP contribution in [0.3, 0.4) is 0 Å². The molecule has 1 aromatic carbocycles. The highest BCUT2D eigenvalue weighted by Gasteiger charge is 2.25. The molecule has 1 aliphatic carbocycles. The number of aryl methyl sites for hydroxylation is 1. The zero-order chi connectivity index (χ0) is 20.4. The number of fused-ring (bicyclic) bond motifs is 1. The first-order valence-electron chi connectivity index (χ1n) is 9.44. The molecule has 2 heterocycles. The van der Waals surface area contributed by atoms with Crippen LogP contribution in [0.2, 0.25) is 0 Å². The number of nitrogens with zero attached hydrogens (tertiary/aromatic N) is 2. The molecule has 4 N–H and O–H groups in total. The van der Waals surface area contributed by atoms with Gasteiger partial charge in [0, 0.05) is 11.9 Å². The SMILES string of the molecule is NC(=O)c1cc2c([nH]c1=O)CCCC2NC(=O)c1cnn(Cc2ccccc2)c1. The number of nitrogens with two attached hydrogens (primary N) is 1. The van der Waals surface area contributed by atoms with Crippen molar-refractivity contribution in [1.29, 1.82) is 0 Å². The Kier molecular flexibility index (Phi) is 4.99. The van der Waals surface area contributed by atoms with Gasteiger partial charge in [-0.05, 0) is 36.5 Å². The number of hydrogen-bond acceptors (Lipinski definition) is 4. The van der Waals surface area contributed by atoms with E-state index in [0.717, 1.165) is 23.2 Å². The zero-order valence-corrected chi connectivity index (χ0v) is 15.7. The summed E-state index contributed by atoms with van der Waals surface area (Å²) < 4.78 is 1.71. The molecule has 2 amide bonds. The fourth-order valence-corrected chi connectivity index (χ4v) is 3.65. The molecule has 148 valence electrons. The maximum absolute atomic E-state index is 12.7. The minimum atomic E-state index is -0.785. The number of hydrogen-bond donors (Lipinski definition) is 3. The summed E-state index contributed by atoms with van der Waals surface area (Å²) in [5, 5.41) is 7.25. The van der Waals surface area contributed by atoms with Crippen molar-refractivity contribution in [3.63, 3.8) is 0 Å². The number of benzene rings is 1. The quantitative estimate of drug-likeness (QED) is 0.610. The van der Waals surface area contributed by atoms with E-state index < -0.39 is 11.5 Å². The molecule has 8 heteroatoms. The number of carbonyl (C=O) groups is 2. The molecule has 0 bridgehead atoms. The maximum atomic E-state index is 12.7. The Bertz CT molecular complexity index is 1120. The first kappa shape index (κ1) is 18.7. The fourth-order valence-electron chi connectivity index (χ4n) is 3.65. The van der Waals surface area contributed by atoms with E-state index in [4.69, 9.17) is 5.73 Å². The molecular formula is C21H21N5O3. The van der Waals surface area contributed by atoms with E-state index >= 15 is 0 Å². The van der Waals surface area contributed by atoms with E-state index in [0.29, 0.717) is 24.9 Å². The Balaban J connectivity index is 1.52. The average molecular weight is 391 g/mol. The predicted octanol–water partition coefficient (Wildman–Crippen LogP) is 1.53. The van der Waals surface area contributed by atoms with Crippen molar-refractivity contribution in [1.82, 2.24) is 20.1 Å². The van der Waals surface area contributed by atoms with Crippen LogP contribution in [0.5, 0.6) is 0 Å². The van der Waals surface area contributed by atoms with Gasteiger partial charge in [0.05, 0.1) is 24.3 Å². The van der Waals surface area contributed by atoms with E-state index in [1.807, 2.05) is 30.3 Å². The molecule has 0 saturated heterocycles. The Hall–Kier alpha value is -3.68. The maximum Gasteiger partial charge on any atom is 0.261 e. The number of carbonyl (C=O) groups excluding carboxylic acids is 2. The van der Waals surface area contributed by atoms with Crippen LogP contribution in [-0.2, 0) is 13.0 Å². The lowest BCUT2D eigenvalue weighted by molar-refractivity contribution is 0.0932. The normalized spacial score (nSPS) is 15.5. The second kappa shape index (κ2) is 7.75. The summed E-state index contributed by atoms with van der Waals surface area (Å²) in [6, 6.07) is 11.0. The van der Waals surface area contributed by atoms with Crippen LogP contribution in [0, 0.1) is 0 Å². The van der Waals surface area contributed by atoms with E-state index in [2.05, 4.69) is 15.4 Å². The molecule has 0 aliphatic heterocycles. The number of aromatic amines is 1. The molecule has 1 atom stereocenters. The number of amides is 2. The van der Waals surface area contributed by atoms with Gasteiger partial charge in [-0.25, -0.2) is 0 Å². The number of primary amides is 1. The Labute approximate surface area is 166 Å². The molecular weight excluding hydrogens is 370 g/mol. The Morgan fingerprint density at radius 2 is 2.07 bits per heavy atom. The zero-order valence-electron chi connectivity index (χ0n) is 15.7. The van der Waals surface area contributed by atoms with Gasteiger partial charge in [0.25, 0.3) is 17.4 Å². The molecule has 0 radical (unpaired) electrons. The van der Waals surface area contributed by atoms with Gasteiger partial charge in [-0.3, -0.25) is 19.1 Å². The summed E-state index contributed by atoms with van der Waals surface area (Å²) in [5.74, 6) is -1.04. The van der Waals surface area contributed by atoms with Crippen LogP contribution in [0.25, 0.3) is 0 Å². The first-order valence-corrected chi connectivity index (χ1v) is 9.44. The number of nitrogens with one attached hydrogen (secondary N) is 2. The van der Waals surface area contributed by atoms with Gasteiger partial charge in [-0.2, -0.15) is 5.10 Å². The average Bonchev–Trinajstić information content (AvgIpc) is 3.17. The molecule has 0 fully saturated rings. The van der Waals surface area contributed by atoms with Gasteiger partial charge in [-0.1, -0.05) is 30.3 Å². The highest BCUT2D eigenvalue weighted by atomic mass is 16.2. The van der Waals surface area contributed by atoms with Crippen LogP contribution in [0.15, 0.2) is 53.6 Å². The molecule has 2 aromatic heterocycles. The van der Waals surface area contributed by atoms with Gasteiger partial charge in [-0.15, -0.1) is 0 Å². The third kappa shape index (κ3) is 3.96. The molecule has 3 aromatic rings. The Morgan fingerprint density at radius 1 is 1.28 bits per heavy atom. The third-order valence-corrected chi connectivity index (χ3v) is 5.11. The van der Waals surface area contributed by atoms with Crippen molar-refractivity contribution >= 4 is 11.8 Å². The summed E-state index contributed by atoms with van der Waals surface area (Å²) in [6.45, 7) is 0.573. The lowest BCUT2D eigenvalue weighted by atomic mass is 9.90. The second-order valence-electron chi connectivity index (χ2n) is 7.14. The first-order chi connectivity index (χ1) is 14.0. The minimum Gasteiger partial charge on any atom is -0.365 e. The Morgan fingerprint density at radius 3 is 2.83 bits per heavy atom. The van der Waals surface area contributed by atoms with Crippen molar-refractivity contribution in [3.8, 4) is 0 Å². The number of rotatable bonds is 5. The van der Waals surface area contributed by atoms with Crippen molar-refractivity contribution in [2.75, 3.05) is 0 Å². The molecule has 4 rings (SSSR count). The molecule has 0 saturated carbocycles. The molecule has 29 heavy (non-hydrogen) atoms. The molecule has 1 unspecified atom stereocenters. The summed E-state index contributed by atoms with van der Waals surface area (Å²) in [5.41, 5.74) is 7.71. The van der Waals surface area contributed by atoms with Crippen LogP contribution < -0.4 is 16.6 Å². The molecule has 0 spiro atoms. The highest BCUT2D eigenvalue weighted by Crippen LogP contribution is 2.28. The van der Waals surface area contributed by atoms with Crippen molar-refractivity contribution in [2.45, 2.75) is 31.8 Å². The minimum absolute atomic E-state index is 0.0967. The van der Waals surface area contributed by atoms with Gasteiger partial charge in [0.1, 0.15) is 5.56 Å². The molecule has 1 aliphatic rings. The van der Waals surface area contributed by atoms with Crippen LogP contribution in [0.1, 0.15) is 56.4 Å². The van der Waals surface area contributed by atoms with Gasteiger partial charge in [0.15, 0.2) is 0 Å². The second-order valence-corrected chi connectivity index (χ2v) is 7.14. The lowest BCUT2D eigenvalue weighted by Gasteiger charge is -2.26.